The van der Waals surface area contributed by atoms with E-state index in [1.54, 1.807) is 52.4 Å². The number of nitrogens with zero attached hydrogens (tertiary/aromatic N) is 4. The van der Waals surface area contributed by atoms with Crippen molar-refractivity contribution in [2.75, 3.05) is 27.9 Å². The monoisotopic (exact) mass is 656 g/mol. The van der Waals surface area contributed by atoms with Crippen molar-refractivity contribution in [2.45, 2.75) is 25.8 Å². The van der Waals surface area contributed by atoms with Crippen LogP contribution < -0.4 is 25.3 Å². The van der Waals surface area contributed by atoms with Crippen LogP contribution in [-0.4, -0.2) is 70.5 Å². The maximum atomic E-state index is 13.9. The molecule has 0 saturated carbocycles. The zero-order valence-corrected chi connectivity index (χ0v) is 27.3. The number of methoxy groups -OCH3 is 3. The molecule has 0 bridgehead atoms. The predicted molar refractivity (Wildman–Crippen MR) is 178 cm³/mol. The molecule has 47 heavy (non-hydrogen) atoms. The van der Waals surface area contributed by atoms with E-state index in [1.807, 2.05) is 17.5 Å². The third-order valence-corrected chi connectivity index (χ3v) is 8.46. The van der Waals surface area contributed by atoms with Gasteiger partial charge in [0.05, 0.1) is 43.3 Å². The molecule has 0 radical (unpaired) electrons. The van der Waals surface area contributed by atoms with Gasteiger partial charge < -0.3 is 30.4 Å². The highest BCUT2D eigenvalue weighted by Gasteiger charge is 2.22. The Balaban J connectivity index is 1.30. The number of para-hydroxylation sites is 1. The van der Waals surface area contributed by atoms with Gasteiger partial charge in [0, 0.05) is 41.1 Å². The van der Waals surface area contributed by atoms with E-state index in [0.29, 0.717) is 46.9 Å². The van der Waals surface area contributed by atoms with Gasteiger partial charge in [0.25, 0.3) is 5.91 Å². The largest absolute Gasteiger partial charge is 0.507 e. The van der Waals surface area contributed by atoms with E-state index in [4.69, 9.17) is 24.9 Å². The van der Waals surface area contributed by atoms with Crippen molar-refractivity contribution < 1.29 is 28.9 Å². The maximum absolute atomic E-state index is 13.9. The van der Waals surface area contributed by atoms with Gasteiger partial charge in [0.15, 0.2) is 17.3 Å². The average Bonchev–Trinajstić information content (AvgIpc) is 3.79. The van der Waals surface area contributed by atoms with E-state index < -0.39 is 0 Å². The van der Waals surface area contributed by atoms with Crippen LogP contribution in [0.15, 0.2) is 72.6 Å². The molecule has 2 heterocycles. The van der Waals surface area contributed by atoms with E-state index in [2.05, 4.69) is 22.3 Å². The number of aromatic hydroxyl groups is 1. The van der Waals surface area contributed by atoms with Crippen LogP contribution in [0.2, 0.25) is 0 Å². The summed E-state index contributed by atoms with van der Waals surface area (Å²) < 4.78 is 17.9. The fourth-order valence-electron chi connectivity index (χ4n) is 5.28. The first kappa shape index (κ1) is 33.1. The summed E-state index contributed by atoms with van der Waals surface area (Å²) in [6.07, 6.45) is 4.32. The Kier molecular flexibility index (Phi) is 10.5. The Bertz CT molecular complexity index is 1830. The first-order chi connectivity index (χ1) is 22.7. The molecule has 1 amide bonds. The lowest BCUT2D eigenvalue weighted by atomic mass is 9.98. The van der Waals surface area contributed by atoms with Gasteiger partial charge in [-0.05, 0) is 48.7 Å². The number of rotatable bonds is 14. The molecule has 5 rings (SSSR count). The number of hydrogen-bond donors (Lipinski definition) is 3. The molecule has 4 N–H and O–H groups in total. The summed E-state index contributed by atoms with van der Waals surface area (Å²) in [4.78, 5) is 35.2. The van der Waals surface area contributed by atoms with Crippen LogP contribution in [0.1, 0.15) is 44.6 Å². The third kappa shape index (κ3) is 7.59. The highest BCUT2D eigenvalue weighted by molar-refractivity contribution is 7.09. The quantitative estimate of drug-likeness (QED) is 0.143. The second-order valence-corrected chi connectivity index (χ2v) is 11.9. The summed E-state index contributed by atoms with van der Waals surface area (Å²) in [5, 5.41) is 19.9. The Morgan fingerprint density at radius 2 is 1.77 bits per heavy atom. The Morgan fingerprint density at radius 3 is 2.43 bits per heavy atom. The molecule has 0 fully saturated rings. The molecule has 0 aliphatic heterocycles. The van der Waals surface area contributed by atoms with Crippen molar-refractivity contribution in [1.29, 1.82) is 0 Å². The number of benzene rings is 3. The van der Waals surface area contributed by atoms with E-state index >= 15 is 0 Å². The fourth-order valence-corrected chi connectivity index (χ4v) is 6.24. The lowest BCUT2D eigenvalue weighted by Gasteiger charge is -2.17. The zero-order valence-electron chi connectivity index (χ0n) is 26.5. The van der Waals surface area contributed by atoms with Crippen molar-refractivity contribution in [1.82, 2.24) is 25.1 Å². The minimum atomic E-state index is -0.364. The predicted octanol–water partition coefficient (Wildman–Crippen LogP) is 4.68. The average molecular weight is 657 g/mol. The Hall–Kier alpha value is -5.27. The van der Waals surface area contributed by atoms with Crippen molar-refractivity contribution >= 4 is 23.0 Å². The number of amides is 1. The molecule has 2 unspecified atom stereocenters. The van der Waals surface area contributed by atoms with Crippen molar-refractivity contribution in [3.63, 3.8) is 0 Å². The Morgan fingerprint density at radius 1 is 1.02 bits per heavy atom. The molecule has 2 atom stereocenters. The molecule has 0 aliphatic carbocycles. The number of phenolic OH excluding ortho intramolecular Hbond substituents is 1. The molecule has 0 spiro atoms. The number of carbonyl (C=O) groups excluding carboxylic acids is 2. The molecule has 13 heteroatoms. The minimum absolute atomic E-state index is 0.0697. The van der Waals surface area contributed by atoms with Crippen LogP contribution in [0.3, 0.4) is 0 Å². The van der Waals surface area contributed by atoms with Gasteiger partial charge in [0.1, 0.15) is 18.4 Å². The van der Waals surface area contributed by atoms with Crippen LogP contribution in [0, 0.1) is 5.92 Å². The van der Waals surface area contributed by atoms with Gasteiger partial charge in [-0.15, -0.1) is 11.3 Å². The first-order valence-electron chi connectivity index (χ1n) is 14.8. The molecule has 0 aliphatic rings. The van der Waals surface area contributed by atoms with Crippen LogP contribution in [0.25, 0.3) is 16.9 Å². The highest BCUT2D eigenvalue weighted by atomic mass is 32.1. The summed E-state index contributed by atoms with van der Waals surface area (Å²) >= 11 is 1.55. The van der Waals surface area contributed by atoms with Crippen LogP contribution in [0.4, 0.5) is 0 Å². The standard InChI is InChI=1S/C34H36N6O6S/c1-20(11-23(35)16-37-34(43)25-7-5-6-8-28(25)41)12-31-39-26(17-47-31)21-9-10-24(27(13-21)40-19-36-18-38-40)32(42)22-14-29(44-2)33(46-4)30(15-22)45-3/h5-10,13-15,17-20,23,41H,11-12,16,35H2,1-4H3,(H,37,43). The zero-order chi connectivity index (χ0) is 33.5. The summed E-state index contributed by atoms with van der Waals surface area (Å²) in [5.74, 6) is 0.646. The number of ketones is 1. The summed E-state index contributed by atoms with van der Waals surface area (Å²) in [6.45, 7) is 2.38. The topological polar surface area (TPSA) is 164 Å². The van der Waals surface area contributed by atoms with E-state index in [0.717, 1.165) is 16.3 Å². The van der Waals surface area contributed by atoms with Gasteiger partial charge in [-0.1, -0.05) is 25.1 Å². The third-order valence-electron chi connectivity index (χ3n) is 7.58. The highest BCUT2D eigenvalue weighted by Crippen LogP contribution is 2.39. The maximum Gasteiger partial charge on any atom is 0.255 e. The molecule has 12 nitrogen and oxygen atoms in total. The molecule has 2 aromatic heterocycles. The van der Waals surface area contributed by atoms with Gasteiger partial charge in [0.2, 0.25) is 5.75 Å². The number of phenols is 1. The van der Waals surface area contributed by atoms with Crippen LogP contribution >= 0.6 is 11.3 Å². The lowest BCUT2D eigenvalue weighted by molar-refractivity contribution is 0.0946. The number of ether oxygens (including phenoxy) is 3. The first-order valence-corrected chi connectivity index (χ1v) is 15.7. The molecular formula is C34H36N6O6S. The minimum Gasteiger partial charge on any atom is -0.507 e. The number of hydrogen-bond acceptors (Lipinski definition) is 11. The van der Waals surface area contributed by atoms with Gasteiger partial charge in [-0.2, -0.15) is 5.10 Å². The number of nitrogens with one attached hydrogen (secondary N) is 1. The summed E-state index contributed by atoms with van der Waals surface area (Å²) in [6, 6.07) is 14.8. The van der Waals surface area contributed by atoms with Crippen molar-refractivity contribution in [3.05, 3.63) is 94.3 Å². The lowest BCUT2D eigenvalue weighted by Crippen LogP contribution is -2.38. The molecule has 244 valence electrons. The normalized spacial score (nSPS) is 12.3. The smallest absolute Gasteiger partial charge is 0.255 e. The van der Waals surface area contributed by atoms with Gasteiger partial charge in [-0.3, -0.25) is 9.59 Å². The van der Waals surface area contributed by atoms with E-state index in [9.17, 15) is 14.7 Å². The van der Waals surface area contributed by atoms with Gasteiger partial charge >= 0.3 is 0 Å². The molecule has 5 aromatic rings. The van der Waals surface area contributed by atoms with E-state index in [-0.39, 0.29) is 41.5 Å². The second kappa shape index (κ2) is 14.9. The molecular weight excluding hydrogens is 620 g/mol. The van der Waals surface area contributed by atoms with Crippen molar-refractivity contribution in [2.24, 2.45) is 11.7 Å². The number of thiazole rings is 1. The van der Waals surface area contributed by atoms with Crippen LogP contribution in [0.5, 0.6) is 23.0 Å². The SMILES string of the molecule is COc1cc(C(=O)c2ccc(-c3csc(CC(C)CC(N)CNC(=O)c4ccccc4O)n3)cc2-n2cncn2)cc(OC)c1OC. The molecule has 0 saturated heterocycles. The number of nitrogens with two attached hydrogens (primary N) is 1. The Labute approximate surface area is 276 Å². The fraction of sp³-hybridized carbons (Fsp3) is 0.265. The van der Waals surface area contributed by atoms with Crippen LogP contribution in [-0.2, 0) is 6.42 Å². The van der Waals surface area contributed by atoms with E-state index in [1.165, 1.54) is 40.1 Å². The van der Waals surface area contributed by atoms with Gasteiger partial charge in [-0.25, -0.2) is 14.6 Å². The number of carbonyl (C=O) groups is 2. The van der Waals surface area contributed by atoms with Crippen molar-refractivity contribution in [3.8, 4) is 39.9 Å². The number of aromatic nitrogens is 4. The second-order valence-electron chi connectivity index (χ2n) is 11.0. The molecule has 3 aromatic carbocycles. The summed E-state index contributed by atoms with van der Waals surface area (Å²) in [7, 11) is 4.50. The summed E-state index contributed by atoms with van der Waals surface area (Å²) in [5.41, 5.74) is 9.42.